The van der Waals surface area contributed by atoms with Crippen LogP contribution in [0.25, 0.3) is 0 Å². The van der Waals surface area contributed by atoms with E-state index in [1.807, 2.05) is 0 Å². The molecule has 5 nitrogen and oxygen atoms in total. The quantitative estimate of drug-likeness (QED) is 0.356. The molecule has 0 aliphatic carbocycles. The fourth-order valence-electron chi connectivity index (χ4n) is 0.875. The molecular weight excluding hydrogens is 174 g/mol. The van der Waals surface area contributed by atoms with Gasteiger partial charge in [-0.25, -0.2) is 0 Å². The largest absolute Gasteiger partial charge is 0.468 e. The van der Waals surface area contributed by atoms with Crippen molar-refractivity contribution in [1.82, 2.24) is 0 Å². The average Bonchev–Trinajstić information content (AvgIpc) is 2.02. The van der Waals surface area contributed by atoms with E-state index in [0.29, 0.717) is 12.9 Å². The Hall–Kier alpha value is -1.10. The summed E-state index contributed by atoms with van der Waals surface area (Å²) < 4.78 is 9.37. The smallest absolute Gasteiger partial charge is 0.302 e. The fraction of sp³-hybridized carbons (Fsp3) is 0.750. The number of esters is 1. The third kappa shape index (κ3) is 6.10. The average molecular weight is 189 g/mol. The number of ether oxygens (including phenoxy) is 2. The van der Waals surface area contributed by atoms with Crippen molar-refractivity contribution in [2.24, 2.45) is 5.73 Å². The van der Waals surface area contributed by atoms with Crippen LogP contribution in [0.2, 0.25) is 0 Å². The molecule has 2 atom stereocenters. The maximum atomic E-state index is 10.6. The summed E-state index contributed by atoms with van der Waals surface area (Å²) in [7, 11) is 0. The third-order valence-electron chi connectivity index (χ3n) is 1.49. The van der Waals surface area contributed by atoms with Gasteiger partial charge in [0.2, 0.25) is 0 Å². The SMILES string of the molecule is CC(=O)OC(CCOC=O)C(C)N. The lowest BCUT2D eigenvalue weighted by Gasteiger charge is -2.19. The van der Waals surface area contributed by atoms with Crippen LogP contribution in [0.5, 0.6) is 0 Å². The molecule has 0 aliphatic heterocycles. The van der Waals surface area contributed by atoms with Crippen LogP contribution in [-0.4, -0.2) is 31.2 Å². The van der Waals surface area contributed by atoms with Crippen molar-refractivity contribution in [3.63, 3.8) is 0 Å². The van der Waals surface area contributed by atoms with E-state index >= 15 is 0 Å². The summed E-state index contributed by atoms with van der Waals surface area (Å²) in [4.78, 5) is 20.4. The van der Waals surface area contributed by atoms with E-state index in [4.69, 9.17) is 10.5 Å². The zero-order valence-corrected chi connectivity index (χ0v) is 7.86. The lowest BCUT2D eigenvalue weighted by molar-refractivity contribution is -0.148. The Kier molecular flexibility index (Phi) is 5.88. The molecule has 0 aliphatic rings. The normalized spacial score (nSPS) is 14.4. The molecule has 0 bridgehead atoms. The lowest BCUT2D eigenvalue weighted by Crippen LogP contribution is -2.36. The van der Waals surface area contributed by atoms with Gasteiger partial charge in [0.05, 0.1) is 6.61 Å². The molecule has 5 heteroatoms. The highest BCUT2D eigenvalue weighted by Gasteiger charge is 2.16. The van der Waals surface area contributed by atoms with E-state index < -0.39 is 6.10 Å². The highest BCUT2D eigenvalue weighted by atomic mass is 16.5. The summed E-state index contributed by atoms with van der Waals surface area (Å²) in [6, 6.07) is -0.265. The van der Waals surface area contributed by atoms with Crippen LogP contribution in [0.15, 0.2) is 0 Å². The van der Waals surface area contributed by atoms with E-state index in [-0.39, 0.29) is 18.6 Å². The molecule has 0 heterocycles. The van der Waals surface area contributed by atoms with Gasteiger partial charge in [-0.05, 0) is 6.92 Å². The van der Waals surface area contributed by atoms with E-state index in [2.05, 4.69) is 4.74 Å². The van der Waals surface area contributed by atoms with Gasteiger partial charge in [-0.1, -0.05) is 0 Å². The monoisotopic (exact) mass is 189 g/mol. The lowest BCUT2D eigenvalue weighted by atomic mass is 10.1. The first-order valence-corrected chi connectivity index (χ1v) is 4.06. The van der Waals surface area contributed by atoms with Crippen LogP contribution in [0.3, 0.4) is 0 Å². The van der Waals surface area contributed by atoms with Crippen LogP contribution in [0, 0.1) is 0 Å². The van der Waals surface area contributed by atoms with Crippen LogP contribution in [0.4, 0.5) is 0 Å². The van der Waals surface area contributed by atoms with Crippen molar-refractivity contribution in [3.8, 4) is 0 Å². The molecular formula is C8H15NO4. The van der Waals surface area contributed by atoms with E-state index in [0.717, 1.165) is 0 Å². The summed E-state index contributed by atoms with van der Waals surface area (Å²) in [6.07, 6.45) is 0.0353. The minimum absolute atomic E-state index is 0.211. The molecule has 0 spiro atoms. The number of hydrogen-bond donors (Lipinski definition) is 1. The fourth-order valence-corrected chi connectivity index (χ4v) is 0.875. The van der Waals surface area contributed by atoms with Crippen LogP contribution < -0.4 is 5.73 Å². The molecule has 76 valence electrons. The molecule has 0 amide bonds. The van der Waals surface area contributed by atoms with Gasteiger partial charge in [0.1, 0.15) is 6.10 Å². The molecule has 0 aromatic heterocycles. The minimum atomic E-state index is -0.391. The highest BCUT2D eigenvalue weighted by molar-refractivity contribution is 5.66. The van der Waals surface area contributed by atoms with E-state index in [1.54, 1.807) is 6.92 Å². The van der Waals surface area contributed by atoms with Gasteiger partial charge < -0.3 is 15.2 Å². The molecule has 2 N–H and O–H groups in total. The molecule has 0 saturated carbocycles. The predicted molar refractivity (Wildman–Crippen MR) is 45.8 cm³/mol. The van der Waals surface area contributed by atoms with Gasteiger partial charge in [0.25, 0.3) is 6.47 Å². The molecule has 0 rings (SSSR count). The number of hydrogen-bond acceptors (Lipinski definition) is 5. The van der Waals surface area contributed by atoms with Gasteiger partial charge in [-0.3, -0.25) is 9.59 Å². The van der Waals surface area contributed by atoms with Gasteiger partial charge >= 0.3 is 5.97 Å². The number of nitrogens with two attached hydrogens (primary N) is 1. The van der Waals surface area contributed by atoms with Gasteiger partial charge in [0.15, 0.2) is 0 Å². The number of carbonyl (C=O) groups is 2. The van der Waals surface area contributed by atoms with Crippen LogP contribution >= 0.6 is 0 Å². The zero-order chi connectivity index (χ0) is 10.3. The van der Waals surface area contributed by atoms with E-state index in [9.17, 15) is 9.59 Å². The highest BCUT2D eigenvalue weighted by Crippen LogP contribution is 2.03. The Bertz CT molecular complexity index is 170. The first-order chi connectivity index (χ1) is 6.07. The molecule has 0 radical (unpaired) electrons. The van der Waals surface area contributed by atoms with Crippen molar-refractivity contribution in [2.75, 3.05) is 6.61 Å². The second kappa shape index (κ2) is 6.42. The summed E-state index contributed by atoms with van der Waals surface area (Å²) >= 11 is 0. The van der Waals surface area contributed by atoms with Crippen molar-refractivity contribution in [2.45, 2.75) is 32.4 Å². The van der Waals surface area contributed by atoms with E-state index in [1.165, 1.54) is 6.92 Å². The second-order valence-corrected chi connectivity index (χ2v) is 2.76. The Balaban J connectivity index is 3.80. The summed E-state index contributed by atoms with van der Waals surface area (Å²) in [5.74, 6) is -0.381. The van der Waals surface area contributed by atoms with Gasteiger partial charge in [0, 0.05) is 19.4 Å². The zero-order valence-electron chi connectivity index (χ0n) is 7.86. The summed E-state index contributed by atoms with van der Waals surface area (Å²) in [5, 5.41) is 0. The van der Waals surface area contributed by atoms with Crippen molar-refractivity contribution >= 4 is 12.4 Å². The van der Waals surface area contributed by atoms with Crippen molar-refractivity contribution in [3.05, 3.63) is 0 Å². The van der Waals surface area contributed by atoms with Crippen LogP contribution in [0.1, 0.15) is 20.3 Å². The van der Waals surface area contributed by atoms with Crippen molar-refractivity contribution in [1.29, 1.82) is 0 Å². The molecule has 0 aromatic rings. The maximum absolute atomic E-state index is 10.6. The molecule has 0 aromatic carbocycles. The second-order valence-electron chi connectivity index (χ2n) is 2.76. The first-order valence-electron chi connectivity index (χ1n) is 4.06. The Morgan fingerprint density at radius 2 is 2.23 bits per heavy atom. The summed E-state index contributed by atoms with van der Waals surface area (Å²) in [5.41, 5.74) is 5.55. The van der Waals surface area contributed by atoms with Crippen molar-refractivity contribution < 1.29 is 19.1 Å². The number of carbonyl (C=O) groups excluding carboxylic acids is 2. The number of rotatable bonds is 6. The van der Waals surface area contributed by atoms with Gasteiger partial charge in [-0.2, -0.15) is 0 Å². The molecule has 2 unspecified atom stereocenters. The molecule has 13 heavy (non-hydrogen) atoms. The molecule has 0 fully saturated rings. The summed E-state index contributed by atoms with van der Waals surface area (Å²) in [6.45, 7) is 3.61. The standard InChI is InChI=1S/C8H15NO4/c1-6(9)8(13-7(2)11)3-4-12-5-10/h5-6,8H,3-4,9H2,1-2H3. The minimum Gasteiger partial charge on any atom is -0.468 e. The Morgan fingerprint density at radius 3 is 2.62 bits per heavy atom. The Morgan fingerprint density at radius 1 is 1.62 bits per heavy atom. The predicted octanol–water partition coefficient (Wildman–Crippen LogP) is -0.172. The van der Waals surface area contributed by atoms with Crippen LogP contribution in [-0.2, 0) is 19.1 Å². The molecule has 0 saturated heterocycles. The van der Waals surface area contributed by atoms with Gasteiger partial charge in [-0.15, -0.1) is 0 Å². The third-order valence-corrected chi connectivity index (χ3v) is 1.49. The maximum Gasteiger partial charge on any atom is 0.302 e. The first kappa shape index (κ1) is 11.9. The topological polar surface area (TPSA) is 78.6 Å². The Labute approximate surface area is 77.2 Å².